The van der Waals surface area contributed by atoms with Crippen molar-refractivity contribution in [2.75, 3.05) is 40.4 Å². The van der Waals surface area contributed by atoms with E-state index in [-0.39, 0.29) is 58.5 Å². The van der Waals surface area contributed by atoms with E-state index in [0.717, 1.165) is 55.0 Å². The van der Waals surface area contributed by atoms with E-state index in [0.29, 0.717) is 24.6 Å². The van der Waals surface area contributed by atoms with E-state index in [1.807, 2.05) is 0 Å². The molecule has 2 N–H and O–H groups in total. The summed E-state index contributed by atoms with van der Waals surface area (Å²) in [4.78, 5) is 4.61. The number of ether oxygens (including phenoxy) is 1. The average molecular weight is 873 g/mol. The minimum atomic E-state index is -0.861. The Balaban J connectivity index is 0.00000188. The molecule has 2 aromatic rings. The van der Waals surface area contributed by atoms with Crippen molar-refractivity contribution >= 4 is 8.07 Å². The summed E-state index contributed by atoms with van der Waals surface area (Å²) in [7, 11) is 3.35. The van der Waals surface area contributed by atoms with Crippen molar-refractivity contribution in [3.8, 4) is 11.5 Å². The number of hydrogen-bond acceptors (Lipinski definition) is 5. The van der Waals surface area contributed by atoms with Gasteiger partial charge in [0.15, 0.2) is 0 Å². The van der Waals surface area contributed by atoms with Gasteiger partial charge in [-0.3, -0.25) is 4.90 Å². The smallest absolute Gasteiger partial charge is 0.123 e. The minimum absolute atomic E-state index is 0. The summed E-state index contributed by atoms with van der Waals surface area (Å²) in [6.07, 6.45) is 3.56. The van der Waals surface area contributed by atoms with Gasteiger partial charge in [0, 0.05) is 80.8 Å². The number of phenols is 2. The molecular weight excluding hydrogens is 796 g/mol. The molecule has 0 spiro atoms. The van der Waals surface area contributed by atoms with Gasteiger partial charge >= 0.3 is 0 Å². The largest absolute Gasteiger partial charge is 0.507 e. The van der Waals surface area contributed by atoms with Crippen LogP contribution in [0.25, 0.3) is 0 Å². The molecule has 297 valence electrons. The van der Waals surface area contributed by atoms with Gasteiger partial charge in [-0.15, -0.1) is 8.07 Å². The quantitative estimate of drug-likeness (QED) is 0.204. The fraction of sp³-hybridized carbons (Fsp3) is 0.698. The fourth-order valence-electron chi connectivity index (χ4n) is 5.46. The minimum Gasteiger partial charge on any atom is -0.507 e. The SMILES string of the molecule is C1CCOC1.CN(C)CCCN(Cc1cc(C(C)(C)C)cc(C(C)(C)C)c1O)Cc1cc(C(C)(C)C)cc(C(C)(C)C)c1O.[CH2-][Si](C)(C)C.[Lu]. The summed E-state index contributed by atoms with van der Waals surface area (Å²) in [5.74, 6) is 0.798. The Morgan fingerprint density at radius 3 is 1.22 bits per heavy atom. The maximum atomic E-state index is 11.5. The van der Waals surface area contributed by atoms with Crippen molar-refractivity contribution in [3.63, 3.8) is 0 Å². The molecule has 0 aliphatic carbocycles. The normalized spacial score (nSPS) is 14.2. The monoisotopic (exact) mass is 873 g/mol. The van der Waals surface area contributed by atoms with Gasteiger partial charge < -0.3 is 26.4 Å². The third kappa shape index (κ3) is 18.4. The molecule has 1 fully saturated rings. The standard InChI is InChI=1S/C35H58N2O2.C4H8O.C4H11Si.Lu/c1-32(2,3)26-18-24(30(38)28(20-26)34(7,8)9)22-37(17-15-16-36(13)14)23-25-19-27(33(4,5)6)21-29(31(25)39)35(10,11)12;1-2-4-5-3-1;1-5(2,3)4;/h18-21,38-39H,15-17,22-23H2,1-14H3;1-4H2;1H2,2-4H3;/q;;-1;. The van der Waals surface area contributed by atoms with Crippen molar-refractivity contribution in [1.82, 2.24) is 9.80 Å². The molecule has 7 heteroatoms. The number of aromatic hydroxyl groups is 2. The summed E-state index contributed by atoms with van der Waals surface area (Å²) in [6.45, 7) is 42.0. The Morgan fingerprint density at radius 2 is 0.980 bits per heavy atom. The van der Waals surface area contributed by atoms with E-state index in [1.54, 1.807) is 0 Å². The zero-order valence-corrected chi connectivity index (χ0v) is 38.0. The first kappa shape index (κ1) is 49.4. The first-order valence-corrected chi connectivity index (χ1v) is 22.3. The second-order valence-electron chi connectivity index (χ2n) is 19.8. The van der Waals surface area contributed by atoms with Crippen molar-refractivity contribution in [2.45, 2.75) is 157 Å². The molecule has 0 amide bonds. The molecule has 0 unspecified atom stereocenters. The van der Waals surface area contributed by atoms with Crippen LogP contribution >= 0.6 is 0 Å². The van der Waals surface area contributed by atoms with Gasteiger partial charge in [0.05, 0.1) is 0 Å². The molecule has 0 bridgehead atoms. The zero-order valence-electron chi connectivity index (χ0n) is 35.3. The second kappa shape index (κ2) is 20.2. The van der Waals surface area contributed by atoms with Crippen molar-refractivity contribution in [2.24, 2.45) is 0 Å². The summed E-state index contributed by atoms with van der Waals surface area (Å²) in [5.41, 5.74) is 5.98. The number of phenolic OH excluding ortho intramolecular Hbond substituents is 2. The molecule has 0 atom stereocenters. The zero-order chi connectivity index (χ0) is 38.2. The van der Waals surface area contributed by atoms with Gasteiger partial charge in [-0.25, -0.2) is 0 Å². The molecule has 5 nitrogen and oxygen atoms in total. The topological polar surface area (TPSA) is 56.2 Å². The molecule has 3 rings (SSSR count). The van der Waals surface area contributed by atoms with Crippen molar-refractivity contribution < 1.29 is 51.8 Å². The van der Waals surface area contributed by atoms with Crippen molar-refractivity contribution in [1.29, 1.82) is 0 Å². The van der Waals surface area contributed by atoms with E-state index in [4.69, 9.17) is 4.74 Å². The van der Waals surface area contributed by atoms with Crippen molar-refractivity contribution in [3.05, 3.63) is 64.2 Å². The van der Waals surface area contributed by atoms with Crippen LogP contribution in [0.5, 0.6) is 11.5 Å². The third-order valence-electron chi connectivity index (χ3n) is 8.42. The van der Waals surface area contributed by atoms with Crippen LogP contribution in [-0.4, -0.2) is 68.5 Å². The molecule has 1 heterocycles. The number of nitrogens with zero attached hydrogens (tertiary/aromatic N) is 2. The summed E-state index contributed by atoms with van der Waals surface area (Å²) >= 11 is 0. The van der Waals surface area contributed by atoms with Crippen LogP contribution in [0.1, 0.15) is 136 Å². The first-order chi connectivity index (χ1) is 22.0. The van der Waals surface area contributed by atoms with E-state index >= 15 is 0 Å². The predicted molar refractivity (Wildman–Crippen MR) is 217 cm³/mol. The number of hydrogen-bond donors (Lipinski definition) is 2. The van der Waals surface area contributed by atoms with E-state index in [2.05, 4.69) is 157 Å². The first-order valence-electron chi connectivity index (χ1n) is 18.6. The summed E-state index contributed by atoms with van der Waals surface area (Å²) in [5, 5.41) is 23.0. The van der Waals surface area contributed by atoms with Crippen LogP contribution in [0.4, 0.5) is 0 Å². The van der Waals surface area contributed by atoms with Gasteiger partial charge in [-0.05, 0) is 83.8 Å². The Labute approximate surface area is 340 Å². The maximum Gasteiger partial charge on any atom is 0.123 e. The second-order valence-corrected chi connectivity index (χ2v) is 24.9. The summed E-state index contributed by atoms with van der Waals surface area (Å²) in [6, 6.07) is 8.75. The predicted octanol–water partition coefficient (Wildman–Crippen LogP) is 10.7. The van der Waals surface area contributed by atoms with Gasteiger partial charge in [-0.2, -0.15) is 0 Å². The van der Waals surface area contributed by atoms with Gasteiger partial charge in [0.2, 0.25) is 0 Å². The Morgan fingerprint density at radius 1 is 0.640 bits per heavy atom. The van der Waals surface area contributed by atoms with Crippen LogP contribution in [0.3, 0.4) is 0 Å². The van der Waals surface area contributed by atoms with E-state index in [9.17, 15) is 10.2 Å². The maximum absolute atomic E-state index is 11.5. The van der Waals surface area contributed by atoms with E-state index < -0.39 is 8.07 Å². The Bertz CT molecular complexity index is 1210. The van der Waals surface area contributed by atoms with Gasteiger partial charge in [0.1, 0.15) is 11.5 Å². The fourth-order valence-corrected chi connectivity index (χ4v) is 5.46. The third-order valence-corrected chi connectivity index (χ3v) is 8.42. The van der Waals surface area contributed by atoms with Crippen LogP contribution in [0, 0.1) is 43.4 Å². The molecule has 0 aromatic heterocycles. The molecule has 1 aliphatic heterocycles. The van der Waals surface area contributed by atoms with Gasteiger partial charge in [0.25, 0.3) is 0 Å². The molecule has 1 radical (unpaired) electrons. The molecule has 2 aromatic carbocycles. The Kier molecular flexibility index (Phi) is 19.9. The molecule has 0 saturated carbocycles. The average Bonchev–Trinajstić information content (AvgIpc) is 3.47. The molecular formula is C43H77LuN2O3Si-. The Hall–Kier alpha value is -0.629. The van der Waals surface area contributed by atoms with Crippen LogP contribution in [0.2, 0.25) is 19.6 Å². The van der Waals surface area contributed by atoms with Crippen LogP contribution < -0.4 is 0 Å². The summed E-state index contributed by atoms with van der Waals surface area (Å²) < 4.78 is 4.94. The van der Waals surface area contributed by atoms with E-state index in [1.165, 1.54) is 24.0 Å². The molecule has 1 saturated heterocycles. The molecule has 50 heavy (non-hydrogen) atoms. The number of benzene rings is 2. The van der Waals surface area contributed by atoms with Crippen LogP contribution in [-0.2, 0) is 39.5 Å². The number of rotatable bonds is 8. The van der Waals surface area contributed by atoms with Gasteiger partial charge in [-0.1, -0.05) is 127 Å². The van der Waals surface area contributed by atoms with Crippen LogP contribution in [0.15, 0.2) is 24.3 Å². The molecule has 1 aliphatic rings.